The van der Waals surface area contributed by atoms with Gasteiger partial charge in [0.15, 0.2) is 0 Å². The van der Waals surface area contributed by atoms with E-state index in [1.165, 1.54) is 0 Å². The van der Waals surface area contributed by atoms with Gasteiger partial charge in [-0.3, -0.25) is 4.79 Å². The summed E-state index contributed by atoms with van der Waals surface area (Å²) in [4.78, 5) is 34.0. The van der Waals surface area contributed by atoms with Gasteiger partial charge in [0.05, 0.1) is 6.54 Å². The molecule has 3 amide bonds. The number of rotatable bonds is 10. The Morgan fingerprint density at radius 3 is 2.27 bits per heavy atom. The van der Waals surface area contributed by atoms with Crippen molar-refractivity contribution in [2.45, 2.75) is 33.6 Å². The molecule has 3 N–H and O–H groups in total. The molecule has 0 radical (unpaired) electrons. The molecule has 7 nitrogen and oxygen atoms in total. The maximum atomic E-state index is 11.5. The van der Waals surface area contributed by atoms with Crippen molar-refractivity contribution in [2.24, 2.45) is 5.92 Å². The van der Waals surface area contributed by atoms with E-state index in [-0.39, 0.29) is 31.0 Å². The SMILES string of the molecule is C=C(C)C(=O)OCCNC(=O)NCCCNC(=O)C(C)CC. The van der Waals surface area contributed by atoms with Gasteiger partial charge in [-0.1, -0.05) is 20.4 Å². The number of carbonyl (C=O) groups is 3. The van der Waals surface area contributed by atoms with Crippen LogP contribution in [-0.4, -0.2) is 44.1 Å². The number of urea groups is 1. The second kappa shape index (κ2) is 11.6. The molecule has 0 fully saturated rings. The highest BCUT2D eigenvalue weighted by Gasteiger charge is 2.08. The van der Waals surface area contributed by atoms with Crippen LogP contribution >= 0.6 is 0 Å². The fraction of sp³-hybridized carbons (Fsp3) is 0.667. The molecule has 0 saturated heterocycles. The molecule has 0 spiro atoms. The topological polar surface area (TPSA) is 96.5 Å². The van der Waals surface area contributed by atoms with E-state index in [9.17, 15) is 14.4 Å². The first kappa shape index (κ1) is 19.9. The minimum atomic E-state index is -0.473. The highest BCUT2D eigenvalue weighted by atomic mass is 16.5. The number of ether oxygens (including phenoxy) is 1. The van der Waals surface area contributed by atoms with Crippen molar-refractivity contribution in [1.82, 2.24) is 16.0 Å². The lowest BCUT2D eigenvalue weighted by Gasteiger charge is -2.10. The van der Waals surface area contributed by atoms with Gasteiger partial charge in [0.1, 0.15) is 6.61 Å². The molecule has 0 aliphatic heterocycles. The third kappa shape index (κ3) is 9.79. The average Bonchev–Trinajstić information content (AvgIpc) is 2.49. The number of hydrogen-bond donors (Lipinski definition) is 3. The summed E-state index contributed by atoms with van der Waals surface area (Å²) in [6.07, 6.45) is 1.46. The lowest BCUT2D eigenvalue weighted by molar-refractivity contribution is -0.138. The van der Waals surface area contributed by atoms with Crippen LogP contribution in [0, 0.1) is 5.92 Å². The van der Waals surface area contributed by atoms with E-state index in [2.05, 4.69) is 22.5 Å². The first-order chi connectivity index (χ1) is 10.4. The van der Waals surface area contributed by atoms with Crippen LogP contribution in [0.3, 0.4) is 0 Å². The van der Waals surface area contributed by atoms with Gasteiger partial charge in [0.25, 0.3) is 0 Å². The summed E-state index contributed by atoms with van der Waals surface area (Å²) in [7, 11) is 0. The van der Waals surface area contributed by atoms with Crippen molar-refractivity contribution < 1.29 is 19.1 Å². The minimum absolute atomic E-state index is 0.0122. The first-order valence-corrected chi connectivity index (χ1v) is 7.50. The Morgan fingerprint density at radius 1 is 1.09 bits per heavy atom. The predicted molar refractivity (Wildman–Crippen MR) is 84.3 cm³/mol. The number of carbonyl (C=O) groups excluding carboxylic acids is 3. The van der Waals surface area contributed by atoms with Crippen LogP contribution in [0.2, 0.25) is 0 Å². The van der Waals surface area contributed by atoms with E-state index in [4.69, 9.17) is 4.74 Å². The lowest BCUT2D eigenvalue weighted by Crippen LogP contribution is -2.39. The van der Waals surface area contributed by atoms with Crippen molar-refractivity contribution in [3.63, 3.8) is 0 Å². The third-order valence-electron chi connectivity index (χ3n) is 2.97. The Kier molecular flexibility index (Phi) is 10.5. The highest BCUT2D eigenvalue weighted by Crippen LogP contribution is 1.99. The van der Waals surface area contributed by atoms with Gasteiger partial charge in [-0.25, -0.2) is 9.59 Å². The summed E-state index contributed by atoms with van der Waals surface area (Å²) in [5, 5.41) is 8.02. The summed E-state index contributed by atoms with van der Waals surface area (Å²) in [5.41, 5.74) is 0.323. The van der Waals surface area contributed by atoms with Gasteiger partial charge < -0.3 is 20.7 Å². The van der Waals surface area contributed by atoms with Gasteiger partial charge >= 0.3 is 12.0 Å². The highest BCUT2D eigenvalue weighted by molar-refractivity contribution is 5.86. The molecule has 1 unspecified atom stereocenters. The standard InChI is InChI=1S/C15H27N3O4/c1-5-12(4)13(19)16-7-6-8-17-15(21)18-9-10-22-14(20)11(2)3/h12H,2,5-10H2,1,3-4H3,(H,16,19)(H2,17,18,21). The fourth-order valence-electron chi connectivity index (χ4n) is 1.36. The van der Waals surface area contributed by atoms with E-state index in [0.717, 1.165) is 6.42 Å². The second-order valence-electron chi connectivity index (χ2n) is 5.05. The zero-order valence-corrected chi connectivity index (χ0v) is 13.7. The van der Waals surface area contributed by atoms with Gasteiger partial charge in [-0.15, -0.1) is 0 Å². The molecule has 0 aromatic rings. The van der Waals surface area contributed by atoms with Crippen LogP contribution in [0.5, 0.6) is 0 Å². The molecular formula is C15H27N3O4. The van der Waals surface area contributed by atoms with E-state index in [1.807, 2.05) is 13.8 Å². The average molecular weight is 313 g/mol. The van der Waals surface area contributed by atoms with Crippen LogP contribution in [0.1, 0.15) is 33.6 Å². The van der Waals surface area contributed by atoms with E-state index >= 15 is 0 Å². The molecule has 22 heavy (non-hydrogen) atoms. The molecule has 0 aliphatic carbocycles. The molecule has 0 bridgehead atoms. The fourth-order valence-corrected chi connectivity index (χ4v) is 1.36. The molecule has 7 heteroatoms. The molecule has 1 atom stereocenters. The Balaban J connectivity index is 3.53. The van der Waals surface area contributed by atoms with E-state index < -0.39 is 5.97 Å². The van der Waals surface area contributed by atoms with Crippen LogP contribution in [-0.2, 0) is 14.3 Å². The Hall–Kier alpha value is -2.05. The van der Waals surface area contributed by atoms with Crippen LogP contribution < -0.4 is 16.0 Å². The van der Waals surface area contributed by atoms with E-state index in [1.54, 1.807) is 6.92 Å². The third-order valence-corrected chi connectivity index (χ3v) is 2.97. The minimum Gasteiger partial charge on any atom is -0.460 e. The summed E-state index contributed by atoms with van der Waals surface area (Å²) in [6.45, 7) is 10.2. The molecule has 0 rings (SSSR count). The van der Waals surface area contributed by atoms with Crippen molar-refractivity contribution in [2.75, 3.05) is 26.2 Å². The number of hydrogen-bond acceptors (Lipinski definition) is 4. The maximum Gasteiger partial charge on any atom is 0.333 e. The van der Waals surface area contributed by atoms with Crippen molar-refractivity contribution in [3.05, 3.63) is 12.2 Å². The van der Waals surface area contributed by atoms with Crippen LogP contribution in [0.15, 0.2) is 12.2 Å². The maximum absolute atomic E-state index is 11.5. The number of nitrogens with one attached hydrogen (secondary N) is 3. The Morgan fingerprint density at radius 2 is 1.68 bits per heavy atom. The smallest absolute Gasteiger partial charge is 0.333 e. The lowest BCUT2D eigenvalue weighted by atomic mass is 10.1. The molecule has 0 saturated carbocycles. The molecular weight excluding hydrogens is 286 g/mol. The molecule has 0 heterocycles. The van der Waals surface area contributed by atoms with Gasteiger partial charge in [-0.05, 0) is 19.8 Å². The quantitative estimate of drug-likeness (QED) is 0.318. The zero-order chi connectivity index (χ0) is 17.0. The van der Waals surface area contributed by atoms with E-state index in [0.29, 0.717) is 25.1 Å². The monoisotopic (exact) mass is 313 g/mol. The Bertz CT molecular complexity index is 396. The van der Waals surface area contributed by atoms with Gasteiger partial charge in [-0.2, -0.15) is 0 Å². The molecule has 126 valence electrons. The Labute approximate surface area is 131 Å². The van der Waals surface area contributed by atoms with Gasteiger partial charge in [0.2, 0.25) is 5.91 Å². The van der Waals surface area contributed by atoms with Crippen LogP contribution in [0.25, 0.3) is 0 Å². The summed E-state index contributed by atoms with van der Waals surface area (Å²) in [5.74, 6) is -0.427. The van der Waals surface area contributed by atoms with Gasteiger partial charge in [0, 0.05) is 24.6 Å². The summed E-state index contributed by atoms with van der Waals surface area (Å²) < 4.78 is 4.83. The second-order valence-corrected chi connectivity index (χ2v) is 5.05. The predicted octanol–water partition coefficient (Wildman–Crippen LogP) is 0.957. The first-order valence-electron chi connectivity index (χ1n) is 7.50. The van der Waals surface area contributed by atoms with Crippen LogP contribution in [0.4, 0.5) is 4.79 Å². The largest absolute Gasteiger partial charge is 0.460 e. The van der Waals surface area contributed by atoms with Crippen molar-refractivity contribution in [1.29, 1.82) is 0 Å². The summed E-state index contributed by atoms with van der Waals surface area (Å²) in [6, 6.07) is -0.334. The zero-order valence-electron chi connectivity index (χ0n) is 13.7. The number of esters is 1. The van der Waals surface area contributed by atoms with Crippen molar-refractivity contribution in [3.8, 4) is 0 Å². The molecule has 0 aromatic carbocycles. The normalized spacial score (nSPS) is 11.2. The molecule has 0 aromatic heterocycles. The summed E-state index contributed by atoms with van der Waals surface area (Å²) >= 11 is 0. The van der Waals surface area contributed by atoms with Crippen molar-refractivity contribution >= 4 is 17.9 Å². The number of amides is 3. The molecule has 0 aliphatic rings.